The molecule has 5 nitrogen and oxygen atoms in total. The number of imide groups is 1. The van der Waals surface area contributed by atoms with Gasteiger partial charge in [-0.25, -0.2) is 4.90 Å². The van der Waals surface area contributed by atoms with E-state index >= 15 is 0 Å². The molecule has 0 fully saturated rings. The maximum Gasteiger partial charge on any atom is 0.268 e. The normalized spacial score (nSPS) is 12.4. The second kappa shape index (κ2) is 11.6. The summed E-state index contributed by atoms with van der Waals surface area (Å²) in [5.74, 6) is -0.720. The lowest BCUT2D eigenvalue weighted by Crippen LogP contribution is -2.29. The fraction of sp³-hybridized carbons (Fsp3) is 0. The Kier molecular flexibility index (Phi) is 6.75. The molecule has 0 saturated carbocycles. The van der Waals surface area contributed by atoms with Crippen LogP contribution in [0.4, 0.5) is 5.69 Å². The highest BCUT2D eigenvalue weighted by Gasteiger charge is 2.39. The van der Waals surface area contributed by atoms with Crippen LogP contribution in [0.25, 0.3) is 60.9 Å². The molecule has 0 aliphatic carbocycles. The molecule has 7 aromatic carbocycles. The third-order valence-electron chi connectivity index (χ3n) is 9.56. The second-order valence-electron chi connectivity index (χ2n) is 12.4. The Morgan fingerprint density at radius 3 is 1.80 bits per heavy atom. The molecule has 1 aromatic heterocycles. The number of hydrogen-bond acceptors (Lipinski definition) is 3. The maximum atomic E-state index is 14.7. The fourth-order valence-corrected chi connectivity index (χ4v) is 7.26. The summed E-state index contributed by atoms with van der Waals surface area (Å²) >= 11 is 0. The first kappa shape index (κ1) is 29.1. The smallest absolute Gasteiger partial charge is 0.268 e. The number of rotatable bonds is 5. The number of carbonyl (C=O) groups is 2. The van der Waals surface area contributed by atoms with Gasteiger partial charge in [-0.3, -0.25) is 9.59 Å². The van der Waals surface area contributed by atoms with E-state index in [4.69, 9.17) is 0 Å². The van der Waals surface area contributed by atoms with Crippen LogP contribution in [0.5, 0.6) is 0 Å². The molecule has 5 heteroatoms. The van der Waals surface area contributed by atoms with Crippen LogP contribution in [0.1, 0.15) is 26.3 Å². The molecule has 0 unspecified atom stereocenters. The van der Waals surface area contributed by atoms with Gasteiger partial charge in [0.15, 0.2) is 0 Å². The number of aromatic nitrogens is 1. The second-order valence-corrected chi connectivity index (χ2v) is 12.4. The van der Waals surface area contributed by atoms with E-state index in [1.807, 2.05) is 140 Å². The van der Waals surface area contributed by atoms with E-state index in [9.17, 15) is 14.9 Å². The van der Waals surface area contributed by atoms with E-state index in [1.54, 1.807) is 6.07 Å². The largest absolute Gasteiger partial charge is 0.308 e. The van der Waals surface area contributed by atoms with Gasteiger partial charge in [0.2, 0.25) is 0 Å². The van der Waals surface area contributed by atoms with Crippen molar-refractivity contribution >= 4 is 39.3 Å². The lowest BCUT2D eigenvalue weighted by molar-refractivity contribution is 0.0926. The summed E-state index contributed by atoms with van der Waals surface area (Å²) in [6, 6.07) is 55.5. The zero-order valence-electron chi connectivity index (χ0n) is 26.7. The summed E-state index contributed by atoms with van der Waals surface area (Å²) in [4.78, 5) is 30.3. The minimum atomic E-state index is -0.365. The van der Waals surface area contributed by atoms with E-state index in [1.165, 1.54) is 4.90 Å². The molecule has 0 bridgehead atoms. The van der Waals surface area contributed by atoms with E-state index < -0.39 is 0 Å². The Morgan fingerprint density at radius 1 is 0.460 bits per heavy atom. The number of fused-ring (bicyclic) bond motifs is 4. The van der Waals surface area contributed by atoms with Gasteiger partial charge in [-0.05, 0) is 88.0 Å². The van der Waals surface area contributed by atoms with Crippen LogP contribution in [0.3, 0.4) is 0 Å². The molecule has 1 aliphatic rings. The predicted molar refractivity (Wildman–Crippen MR) is 199 cm³/mol. The zero-order chi connectivity index (χ0) is 33.8. The van der Waals surface area contributed by atoms with E-state index in [2.05, 4.69) is 28.8 Å². The monoisotopic (exact) mass is 641 g/mol. The molecule has 0 saturated heterocycles. The number of para-hydroxylation sites is 1. The quantitative estimate of drug-likeness (QED) is 0.176. The van der Waals surface area contributed by atoms with Crippen LogP contribution in [0, 0.1) is 11.3 Å². The number of hydrogen-bond donors (Lipinski definition) is 0. The minimum Gasteiger partial charge on any atom is -0.308 e. The third kappa shape index (κ3) is 4.55. The average molecular weight is 642 g/mol. The number of anilines is 1. The Hall–Kier alpha value is -7.03. The number of nitrogens with zero attached hydrogens (tertiary/aromatic N) is 3. The molecule has 234 valence electrons. The summed E-state index contributed by atoms with van der Waals surface area (Å²) in [6.07, 6.45) is 0. The molecule has 0 N–H and O–H groups in total. The van der Waals surface area contributed by atoms with E-state index in [0.29, 0.717) is 28.1 Å². The van der Waals surface area contributed by atoms with E-state index in [0.717, 1.165) is 55.2 Å². The topological polar surface area (TPSA) is 66.1 Å². The number of carbonyl (C=O) groups excluding carboxylic acids is 2. The van der Waals surface area contributed by atoms with Gasteiger partial charge in [0.1, 0.15) is 0 Å². The minimum absolute atomic E-state index is 0.354. The lowest BCUT2D eigenvalue weighted by Gasteiger charge is -2.18. The van der Waals surface area contributed by atoms with Crippen molar-refractivity contribution in [1.29, 1.82) is 5.26 Å². The van der Waals surface area contributed by atoms with Gasteiger partial charge in [-0.1, -0.05) is 109 Å². The zero-order valence-corrected chi connectivity index (χ0v) is 26.7. The number of nitriles is 1. The first-order valence-corrected chi connectivity index (χ1v) is 16.4. The highest BCUT2D eigenvalue weighted by molar-refractivity contribution is 6.36. The molecule has 0 atom stereocenters. The first-order chi connectivity index (χ1) is 24.6. The van der Waals surface area contributed by atoms with Crippen molar-refractivity contribution in [3.8, 4) is 45.1 Å². The fourth-order valence-electron chi connectivity index (χ4n) is 7.26. The first-order valence-electron chi connectivity index (χ1n) is 16.4. The van der Waals surface area contributed by atoms with Crippen molar-refractivity contribution in [2.24, 2.45) is 0 Å². The molecule has 1 aliphatic heterocycles. The number of amides is 2. The van der Waals surface area contributed by atoms with Gasteiger partial charge in [0, 0.05) is 10.8 Å². The molecule has 8 aromatic rings. The van der Waals surface area contributed by atoms with Crippen molar-refractivity contribution in [3.63, 3.8) is 0 Å². The summed E-state index contributed by atoms with van der Waals surface area (Å²) in [7, 11) is 0. The molecular weight excluding hydrogens is 615 g/mol. The Balaban J connectivity index is 1.22. The van der Waals surface area contributed by atoms with E-state index in [-0.39, 0.29) is 11.8 Å². The van der Waals surface area contributed by atoms with Crippen molar-refractivity contribution < 1.29 is 9.59 Å². The molecule has 2 amide bonds. The summed E-state index contributed by atoms with van der Waals surface area (Å²) in [6.45, 7) is 0. The summed E-state index contributed by atoms with van der Waals surface area (Å²) < 4.78 is 2.08. The van der Waals surface area contributed by atoms with Crippen LogP contribution >= 0.6 is 0 Å². The molecular formula is C45H27N3O2. The molecule has 0 radical (unpaired) electrons. The molecule has 50 heavy (non-hydrogen) atoms. The third-order valence-corrected chi connectivity index (χ3v) is 9.56. The highest BCUT2D eigenvalue weighted by atomic mass is 16.2. The van der Waals surface area contributed by atoms with Gasteiger partial charge in [-0.2, -0.15) is 5.26 Å². The molecule has 9 rings (SSSR count). The van der Waals surface area contributed by atoms with Gasteiger partial charge < -0.3 is 4.57 Å². The van der Waals surface area contributed by atoms with Gasteiger partial charge in [0.05, 0.1) is 45.2 Å². The van der Waals surface area contributed by atoms with Crippen LogP contribution in [-0.4, -0.2) is 16.4 Å². The average Bonchev–Trinajstić information content (AvgIpc) is 3.65. The Bertz CT molecular complexity index is 2640. The molecule has 2 heterocycles. The lowest BCUT2D eigenvalue weighted by atomic mass is 9.97. The maximum absolute atomic E-state index is 14.7. The van der Waals surface area contributed by atoms with Gasteiger partial charge in [-0.15, -0.1) is 0 Å². The molecule has 0 spiro atoms. The Morgan fingerprint density at radius 2 is 1.08 bits per heavy atom. The Labute approximate surface area is 288 Å². The van der Waals surface area contributed by atoms with Gasteiger partial charge in [0.25, 0.3) is 11.8 Å². The SMILES string of the molecule is N#Cc1ccccc1-c1ccc2c(c1)c1ccccc1n2-c1cccc2c1C(=O)N(c1cc(-c3ccccc3)cc(-c3ccccc3)c1)C2=O. The van der Waals surface area contributed by atoms with Crippen LogP contribution in [0.15, 0.2) is 164 Å². The van der Waals surface area contributed by atoms with Crippen molar-refractivity contribution in [2.45, 2.75) is 0 Å². The number of benzene rings is 7. The summed E-state index contributed by atoms with van der Waals surface area (Å²) in [5, 5.41) is 11.8. The van der Waals surface area contributed by atoms with Crippen molar-refractivity contribution in [1.82, 2.24) is 4.57 Å². The standard InChI is InChI=1S/C45H27N3O2/c46-28-32-16-7-8-17-36(32)31-22-23-41-39(27-31)37-18-9-10-20-40(37)48(41)42-21-11-19-38-43(42)45(50)47(44(38)49)35-25-33(29-12-3-1-4-13-29)24-34(26-35)30-14-5-2-6-15-30/h1-27H. The summed E-state index contributed by atoms with van der Waals surface area (Å²) in [5.41, 5.74) is 9.90. The van der Waals surface area contributed by atoms with Crippen molar-refractivity contribution in [2.75, 3.05) is 4.90 Å². The highest BCUT2D eigenvalue weighted by Crippen LogP contribution is 2.41. The van der Waals surface area contributed by atoms with Crippen LogP contribution in [-0.2, 0) is 0 Å². The van der Waals surface area contributed by atoms with Gasteiger partial charge >= 0.3 is 0 Å². The van der Waals surface area contributed by atoms with Crippen LogP contribution in [0.2, 0.25) is 0 Å². The predicted octanol–water partition coefficient (Wildman–Crippen LogP) is 10.5. The van der Waals surface area contributed by atoms with Crippen molar-refractivity contribution in [3.05, 3.63) is 180 Å². The van der Waals surface area contributed by atoms with Crippen LogP contribution < -0.4 is 4.90 Å².